The first-order valence-electron chi connectivity index (χ1n) is 5.17. The number of nitrogen functional groups attached to an aromatic ring is 1. The van der Waals surface area contributed by atoms with Gasteiger partial charge in [0.1, 0.15) is 11.4 Å². The summed E-state index contributed by atoms with van der Waals surface area (Å²) in [5.74, 6) is 1.16. The fourth-order valence-corrected chi connectivity index (χ4v) is 2.07. The van der Waals surface area contributed by atoms with Crippen molar-refractivity contribution in [2.45, 2.75) is 19.4 Å². The van der Waals surface area contributed by atoms with Crippen LogP contribution in [0.3, 0.4) is 0 Å². The van der Waals surface area contributed by atoms with Gasteiger partial charge in [0.15, 0.2) is 0 Å². The van der Waals surface area contributed by atoms with Crippen LogP contribution in [0.5, 0.6) is 0 Å². The maximum atomic E-state index is 11.9. The number of carbonyl (C=O) groups is 1. The SMILES string of the molecule is CCC(CSC)NC(=O)c1cnn(C)c1N. The van der Waals surface area contributed by atoms with Crippen LogP contribution in [-0.4, -0.2) is 33.7 Å². The van der Waals surface area contributed by atoms with Crippen LogP contribution in [0.25, 0.3) is 0 Å². The van der Waals surface area contributed by atoms with Crippen molar-refractivity contribution in [1.29, 1.82) is 0 Å². The third-order valence-corrected chi connectivity index (χ3v) is 3.16. The van der Waals surface area contributed by atoms with Gasteiger partial charge in [0.2, 0.25) is 0 Å². The molecule has 1 atom stereocenters. The Morgan fingerprint density at radius 1 is 1.75 bits per heavy atom. The molecule has 0 fully saturated rings. The number of anilines is 1. The maximum absolute atomic E-state index is 11.9. The fraction of sp³-hybridized carbons (Fsp3) is 0.600. The summed E-state index contributed by atoms with van der Waals surface area (Å²) in [6, 6.07) is 0.183. The van der Waals surface area contributed by atoms with Crippen molar-refractivity contribution in [2.75, 3.05) is 17.7 Å². The lowest BCUT2D eigenvalue weighted by atomic mass is 10.2. The molecule has 0 aliphatic rings. The number of carbonyl (C=O) groups excluding carboxylic acids is 1. The minimum Gasteiger partial charge on any atom is -0.383 e. The van der Waals surface area contributed by atoms with Gasteiger partial charge in [0.05, 0.1) is 6.20 Å². The van der Waals surface area contributed by atoms with Crippen molar-refractivity contribution in [3.8, 4) is 0 Å². The van der Waals surface area contributed by atoms with E-state index in [1.165, 1.54) is 10.9 Å². The molecule has 1 unspecified atom stereocenters. The van der Waals surface area contributed by atoms with Crippen LogP contribution in [0.15, 0.2) is 6.20 Å². The molecule has 5 nitrogen and oxygen atoms in total. The zero-order valence-corrected chi connectivity index (χ0v) is 10.7. The number of thioether (sulfide) groups is 1. The van der Waals surface area contributed by atoms with Gasteiger partial charge >= 0.3 is 0 Å². The number of rotatable bonds is 5. The molecule has 0 bridgehead atoms. The lowest BCUT2D eigenvalue weighted by Crippen LogP contribution is -2.36. The van der Waals surface area contributed by atoms with Crippen molar-refractivity contribution in [2.24, 2.45) is 7.05 Å². The van der Waals surface area contributed by atoms with Crippen LogP contribution in [0.1, 0.15) is 23.7 Å². The Kier molecular flexibility index (Phi) is 4.67. The van der Waals surface area contributed by atoms with Crippen molar-refractivity contribution < 1.29 is 4.79 Å². The Hall–Kier alpha value is -1.17. The molecule has 0 saturated carbocycles. The third-order valence-electron chi connectivity index (χ3n) is 2.43. The van der Waals surface area contributed by atoms with Crippen molar-refractivity contribution in [1.82, 2.24) is 15.1 Å². The highest BCUT2D eigenvalue weighted by atomic mass is 32.2. The van der Waals surface area contributed by atoms with Gasteiger partial charge in [-0.1, -0.05) is 6.92 Å². The Morgan fingerprint density at radius 3 is 2.88 bits per heavy atom. The lowest BCUT2D eigenvalue weighted by Gasteiger charge is -2.15. The first-order chi connectivity index (χ1) is 7.60. The molecule has 0 aromatic carbocycles. The minimum atomic E-state index is -0.147. The predicted octanol–water partition coefficient (Wildman–Crippen LogP) is 0.874. The van der Waals surface area contributed by atoms with E-state index in [1.54, 1.807) is 18.8 Å². The fourth-order valence-electron chi connectivity index (χ4n) is 1.35. The second-order valence-electron chi connectivity index (χ2n) is 3.60. The topological polar surface area (TPSA) is 72.9 Å². The number of hydrogen-bond acceptors (Lipinski definition) is 4. The average Bonchev–Trinajstić information content (AvgIpc) is 2.59. The number of nitrogens with two attached hydrogens (primary N) is 1. The van der Waals surface area contributed by atoms with E-state index in [1.807, 2.05) is 13.2 Å². The molecule has 0 aliphatic carbocycles. The largest absolute Gasteiger partial charge is 0.383 e. The van der Waals surface area contributed by atoms with E-state index in [-0.39, 0.29) is 11.9 Å². The molecule has 1 heterocycles. The lowest BCUT2D eigenvalue weighted by molar-refractivity contribution is 0.0941. The molecule has 0 radical (unpaired) electrons. The first kappa shape index (κ1) is 12.9. The number of nitrogens with zero attached hydrogens (tertiary/aromatic N) is 2. The zero-order chi connectivity index (χ0) is 12.1. The number of aryl methyl sites for hydroxylation is 1. The predicted molar refractivity (Wildman–Crippen MR) is 67.5 cm³/mol. The zero-order valence-electron chi connectivity index (χ0n) is 9.86. The van der Waals surface area contributed by atoms with Gasteiger partial charge in [0.25, 0.3) is 5.91 Å². The van der Waals surface area contributed by atoms with E-state index in [9.17, 15) is 4.79 Å². The molecule has 0 saturated heterocycles. The van der Waals surface area contributed by atoms with Gasteiger partial charge in [-0.2, -0.15) is 16.9 Å². The number of hydrogen-bond donors (Lipinski definition) is 2. The molecule has 1 rings (SSSR count). The summed E-state index contributed by atoms with van der Waals surface area (Å²) >= 11 is 1.71. The standard InChI is InChI=1S/C10H18N4OS/c1-4-7(6-16-3)13-10(15)8-5-12-14(2)9(8)11/h5,7H,4,6,11H2,1-3H3,(H,13,15). The summed E-state index contributed by atoms with van der Waals surface area (Å²) in [5.41, 5.74) is 6.18. The van der Waals surface area contributed by atoms with Gasteiger partial charge in [-0.3, -0.25) is 9.48 Å². The normalized spacial score (nSPS) is 12.4. The molecule has 6 heteroatoms. The highest BCUT2D eigenvalue weighted by molar-refractivity contribution is 7.98. The minimum absolute atomic E-state index is 0.147. The Morgan fingerprint density at radius 2 is 2.44 bits per heavy atom. The molecular formula is C10H18N4OS. The van der Waals surface area contributed by atoms with E-state index in [0.29, 0.717) is 11.4 Å². The molecule has 90 valence electrons. The Balaban J connectivity index is 2.68. The van der Waals surface area contributed by atoms with E-state index >= 15 is 0 Å². The highest BCUT2D eigenvalue weighted by Gasteiger charge is 2.16. The Labute approximate surface area is 99.8 Å². The number of nitrogens with one attached hydrogen (secondary N) is 1. The van der Waals surface area contributed by atoms with Crippen molar-refractivity contribution in [3.63, 3.8) is 0 Å². The number of amides is 1. The van der Waals surface area contributed by atoms with E-state index in [4.69, 9.17) is 5.73 Å². The highest BCUT2D eigenvalue weighted by Crippen LogP contribution is 2.10. The third kappa shape index (κ3) is 2.91. The van der Waals surface area contributed by atoms with Gasteiger partial charge < -0.3 is 11.1 Å². The summed E-state index contributed by atoms with van der Waals surface area (Å²) in [6.45, 7) is 2.05. The molecule has 1 aromatic rings. The Bertz CT molecular complexity index is 364. The molecule has 1 amide bonds. The summed E-state index contributed by atoms with van der Waals surface area (Å²) in [6.07, 6.45) is 4.43. The average molecular weight is 242 g/mol. The van der Waals surface area contributed by atoms with E-state index < -0.39 is 0 Å². The summed E-state index contributed by atoms with van der Waals surface area (Å²) < 4.78 is 1.49. The number of aromatic nitrogens is 2. The van der Waals surface area contributed by atoms with Crippen LogP contribution in [0, 0.1) is 0 Å². The van der Waals surface area contributed by atoms with Crippen LogP contribution < -0.4 is 11.1 Å². The van der Waals surface area contributed by atoms with Crippen LogP contribution in [0.2, 0.25) is 0 Å². The van der Waals surface area contributed by atoms with Gasteiger partial charge in [-0.15, -0.1) is 0 Å². The molecule has 0 aliphatic heterocycles. The first-order valence-corrected chi connectivity index (χ1v) is 6.56. The van der Waals surface area contributed by atoms with Crippen LogP contribution in [-0.2, 0) is 7.05 Å². The van der Waals surface area contributed by atoms with Crippen molar-refractivity contribution >= 4 is 23.5 Å². The van der Waals surface area contributed by atoms with Crippen LogP contribution in [0.4, 0.5) is 5.82 Å². The summed E-state index contributed by atoms with van der Waals surface area (Å²) in [7, 11) is 1.71. The van der Waals surface area contributed by atoms with Gasteiger partial charge in [-0.05, 0) is 12.7 Å². The monoisotopic (exact) mass is 242 g/mol. The van der Waals surface area contributed by atoms with Gasteiger partial charge in [0, 0.05) is 18.8 Å². The second kappa shape index (κ2) is 5.79. The maximum Gasteiger partial charge on any atom is 0.256 e. The molecule has 3 N–H and O–H groups in total. The van der Waals surface area contributed by atoms with E-state index in [0.717, 1.165) is 12.2 Å². The second-order valence-corrected chi connectivity index (χ2v) is 4.51. The molecular weight excluding hydrogens is 224 g/mol. The smallest absolute Gasteiger partial charge is 0.256 e. The molecule has 0 spiro atoms. The molecule has 16 heavy (non-hydrogen) atoms. The summed E-state index contributed by atoms with van der Waals surface area (Å²) in [4.78, 5) is 11.9. The molecule has 1 aromatic heterocycles. The quantitative estimate of drug-likeness (QED) is 0.803. The van der Waals surface area contributed by atoms with Crippen molar-refractivity contribution in [3.05, 3.63) is 11.8 Å². The van der Waals surface area contributed by atoms with Gasteiger partial charge in [-0.25, -0.2) is 0 Å². The van der Waals surface area contributed by atoms with Crippen LogP contribution >= 0.6 is 11.8 Å². The van der Waals surface area contributed by atoms with E-state index in [2.05, 4.69) is 10.4 Å². The summed E-state index contributed by atoms with van der Waals surface area (Å²) in [5, 5.41) is 6.89.